The molecule has 0 radical (unpaired) electrons. The highest BCUT2D eigenvalue weighted by molar-refractivity contribution is 7.92. The van der Waals surface area contributed by atoms with Crippen molar-refractivity contribution in [3.8, 4) is 0 Å². The predicted molar refractivity (Wildman–Crippen MR) is 93.7 cm³/mol. The van der Waals surface area contributed by atoms with E-state index in [-0.39, 0.29) is 29.3 Å². The van der Waals surface area contributed by atoms with Crippen LogP contribution in [0.2, 0.25) is 5.02 Å². The first-order chi connectivity index (χ1) is 12.1. The van der Waals surface area contributed by atoms with Gasteiger partial charge in [-0.1, -0.05) is 17.7 Å². The summed E-state index contributed by atoms with van der Waals surface area (Å²) >= 11 is 6.03. The molecule has 140 valence electrons. The summed E-state index contributed by atoms with van der Waals surface area (Å²) in [5.74, 6) is -2.37. The third-order valence-electron chi connectivity index (χ3n) is 3.43. The van der Waals surface area contributed by atoms with Crippen LogP contribution in [-0.2, 0) is 26.0 Å². The van der Waals surface area contributed by atoms with Crippen LogP contribution in [0, 0.1) is 18.6 Å². The number of ether oxygens (including phenoxy) is 1. The van der Waals surface area contributed by atoms with Crippen LogP contribution in [0.15, 0.2) is 35.2 Å². The standard InChI is InChI=1S/C17H16ClF2NO4S/c1-3-25-17(22)8-11-4-5-15(12(18)7-11)21-26(23,24)16-9-13(19)10(2)6-14(16)20/h4-7,9,21H,3,8H2,1-2H3. The van der Waals surface area contributed by atoms with Crippen LogP contribution in [-0.4, -0.2) is 21.0 Å². The Balaban J connectivity index is 2.27. The average Bonchev–Trinajstić information content (AvgIpc) is 2.53. The summed E-state index contributed by atoms with van der Waals surface area (Å²) in [6.07, 6.45) is -0.0294. The SMILES string of the molecule is CCOC(=O)Cc1ccc(NS(=O)(=O)c2cc(F)c(C)cc2F)c(Cl)c1. The monoisotopic (exact) mass is 403 g/mol. The fourth-order valence-electron chi connectivity index (χ4n) is 2.16. The van der Waals surface area contributed by atoms with E-state index >= 15 is 0 Å². The Morgan fingerprint density at radius 3 is 2.50 bits per heavy atom. The predicted octanol–water partition coefficient (Wildman–Crippen LogP) is 3.83. The molecule has 0 spiro atoms. The van der Waals surface area contributed by atoms with Crippen LogP contribution in [0.4, 0.5) is 14.5 Å². The molecule has 0 aliphatic heterocycles. The first kappa shape index (κ1) is 20.1. The van der Waals surface area contributed by atoms with Gasteiger partial charge in [-0.05, 0) is 49.2 Å². The lowest BCUT2D eigenvalue weighted by molar-refractivity contribution is -0.142. The van der Waals surface area contributed by atoms with Crippen LogP contribution in [0.25, 0.3) is 0 Å². The van der Waals surface area contributed by atoms with Crippen LogP contribution in [0.1, 0.15) is 18.1 Å². The molecular formula is C17H16ClF2NO4S. The number of halogens is 3. The van der Waals surface area contributed by atoms with E-state index < -0.39 is 32.5 Å². The zero-order valence-corrected chi connectivity index (χ0v) is 15.5. The first-order valence-electron chi connectivity index (χ1n) is 7.56. The van der Waals surface area contributed by atoms with Crippen molar-refractivity contribution in [3.05, 3.63) is 58.1 Å². The minimum absolute atomic E-state index is 0.00312. The smallest absolute Gasteiger partial charge is 0.310 e. The van der Waals surface area contributed by atoms with Gasteiger partial charge < -0.3 is 4.74 Å². The van der Waals surface area contributed by atoms with Gasteiger partial charge in [-0.15, -0.1) is 0 Å². The third kappa shape index (κ3) is 4.70. The number of hydrogen-bond acceptors (Lipinski definition) is 4. The van der Waals surface area contributed by atoms with E-state index in [1.165, 1.54) is 25.1 Å². The molecule has 0 unspecified atom stereocenters. The van der Waals surface area contributed by atoms with Crippen LogP contribution >= 0.6 is 11.6 Å². The maximum atomic E-state index is 13.9. The van der Waals surface area contributed by atoms with E-state index in [9.17, 15) is 22.0 Å². The molecule has 0 saturated heterocycles. The van der Waals surface area contributed by atoms with Gasteiger partial charge in [0.25, 0.3) is 10.0 Å². The summed E-state index contributed by atoms with van der Waals surface area (Å²) in [6, 6.07) is 5.61. The number of anilines is 1. The summed E-state index contributed by atoms with van der Waals surface area (Å²) in [4.78, 5) is 10.6. The highest BCUT2D eigenvalue weighted by Gasteiger charge is 2.22. The van der Waals surface area contributed by atoms with Gasteiger partial charge in [-0.3, -0.25) is 9.52 Å². The van der Waals surface area contributed by atoms with Gasteiger partial charge in [-0.2, -0.15) is 0 Å². The molecule has 0 amide bonds. The summed E-state index contributed by atoms with van der Waals surface area (Å²) in [6.45, 7) is 3.24. The molecule has 2 rings (SSSR count). The van der Waals surface area contributed by atoms with E-state index in [4.69, 9.17) is 16.3 Å². The summed E-state index contributed by atoms with van der Waals surface area (Å²) in [5, 5.41) is 0.00312. The van der Waals surface area contributed by atoms with Gasteiger partial charge in [0.2, 0.25) is 0 Å². The number of carbonyl (C=O) groups excluding carboxylic acids is 1. The normalized spacial score (nSPS) is 11.3. The van der Waals surface area contributed by atoms with Gasteiger partial charge in [-0.25, -0.2) is 17.2 Å². The lowest BCUT2D eigenvalue weighted by atomic mass is 10.1. The molecule has 26 heavy (non-hydrogen) atoms. The summed E-state index contributed by atoms with van der Waals surface area (Å²) < 4.78 is 59.2. The lowest BCUT2D eigenvalue weighted by Gasteiger charge is -2.12. The number of nitrogens with one attached hydrogen (secondary N) is 1. The van der Waals surface area contributed by atoms with Crippen molar-refractivity contribution in [2.24, 2.45) is 0 Å². The molecule has 2 aromatic carbocycles. The van der Waals surface area contributed by atoms with Crippen LogP contribution in [0.3, 0.4) is 0 Å². The van der Waals surface area contributed by atoms with Crippen molar-refractivity contribution < 1.29 is 26.7 Å². The molecule has 0 aromatic heterocycles. The van der Waals surface area contributed by atoms with Crippen LogP contribution in [0.5, 0.6) is 0 Å². The second-order valence-corrected chi connectivity index (χ2v) is 7.49. The molecular weight excluding hydrogens is 388 g/mol. The number of carbonyl (C=O) groups is 1. The van der Waals surface area contributed by atoms with Gasteiger partial charge >= 0.3 is 5.97 Å². The van der Waals surface area contributed by atoms with Crippen LogP contribution < -0.4 is 4.72 Å². The number of benzene rings is 2. The molecule has 2 aromatic rings. The van der Waals surface area contributed by atoms with E-state index in [1.807, 2.05) is 0 Å². The highest BCUT2D eigenvalue weighted by atomic mass is 35.5. The van der Waals surface area contributed by atoms with Crippen molar-refractivity contribution in [1.82, 2.24) is 0 Å². The first-order valence-corrected chi connectivity index (χ1v) is 9.42. The largest absolute Gasteiger partial charge is 0.466 e. The van der Waals surface area contributed by atoms with Crippen molar-refractivity contribution in [1.29, 1.82) is 0 Å². The zero-order chi connectivity index (χ0) is 19.5. The van der Waals surface area contributed by atoms with Crippen molar-refractivity contribution in [3.63, 3.8) is 0 Å². The topological polar surface area (TPSA) is 72.5 Å². The summed E-state index contributed by atoms with van der Waals surface area (Å²) in [5.41, 5.74) is 0.478. The Morgan fingerprint density at radius 1 is 1.19 bits per heavy atom. The average molecular weight is 404 g/mol. The van der Waals surface area contributed by atoms with Gasteiger partial charge in [0.05, 0.1) is 23.7 Å². The summed E-state index contributed by atoms with van der Waals surface area (Å²) in [7, 11) is -4.39. The fourth-order valence-corrected chi connectivity index (χ4v) is 3.62. The fraction of sp³-hybridized carbons (Fsp3) is 0.235. The number of rotatable bonds is 6. The van der Waals surface area contributed by atoms with Gasteiger partial charge in [0.15, 0.2) is 0 Å². The number of sulfonamides is 1. The molecule has 0 atom stereocenters. The molecule has 5 nitrogen and oxygen atoms in total. The molecule has 1 N–H and O–H groups in total. The quantitative estimate of drug-likeness (QED) is 0.744. The zero-order valence-electron chi connectivity index (χ0n) is 14.0. The molecule has 0 aliphatic rings. The lowest BCUT2D eigenvalue weighted by Crippen LogP contribution is -2.16. The number of esters is 1. The maximum Gasteiger partial charge on any atom is 0.310 e. The Hall–Kier alpha value is -2.19. The van der Waals surface area contributed by atoms with E-state index in [2.05, 4.69) is 4.72 Å². The Labute approximate surface area is 155 Å². The van der Waals surface area contributed by atoms with Crippen molar-refractivity contribution >= 4 is 33.3 Å². The van der Waals surface area contributed by atoms with Crippen molar-refractivity contribution in [2.75, 3.05) is 11.3 Å². The molecule has 0 saturated carbocycles. The second kappa shape index (κ2) is 8.01. The van der Waals surface area contributed by atoms with Gasteiger partial charge in [0, 0.05) is 0 Å². The third-order valence-corrected chi connectivity index (χ3v) is 5.13. The molecule has 0 bridgehead atoms. The Bertz CT molecular complexity index is 948. The molecule has 0 fully saturated rings. The van der Waals surface area contributed by atoms with Gasteiger partial charge in [0.1, 0.15) is 16.5 Å². The minimum atomic E-state index is -4.39. The highest BCUT2D eigenvalue weighted by Crippen LogP contribution is 2.27. The van der Waals surface area contributed by atoms with E-state index in [1.54, 1.807) is 6.92 Å². The molecule has 0 heterocycles. The maximum absolute atomic E-state index is 13.9. The second-order valence-electron chi connectivity index (χ2n) is 5.43. The number of aryl methyl sites for hydroxylation is 1. The molecule has 9 heteroatoms. The Kier molecular flexibility index (Phi) is 6.20. The van der Waals surface area contributed by atoms with E-state index in [0.717, 1.165) is 6.07 Å². The van der Waals surface area contributed by atoms with Crippen molar-refractivity contribution in [2.45, 2.75) is 25.2 Å². The minimum Gasteiger partial charge on any atom is -0.466 e. The number of hydrogen-bond donors (Lipinski definition) is 1. The Morgan fingerprint density at radius 2 is 1.88 bits per heavy atom. The molecule has 0 aliphatic carbocycles. The van der Waals surface area contributed by atoms with E-state index in [0.29, 0.717) is 11.6 Å².